The van der Waals surface area contributed by atoms with E-state index in [1.54, 1.807) is 0 Å². The monoisotopic (exact) mass is 245 g/mol. The molecule has 1 saturated heterocycles. The maximum atomic E-state index is 5.84. The number of hydrogen-bond donors (Lipinski definition) is 0. The molecule has 1 atom stereocenters. The standard InChI is InChI=1S/C14H19N3O/c1-11-15-13-5-3-4-6-14(13)17(11)10-12-9-16(2)7-8-18-12/h3-6,12H,7-10H2,1-2H3. The molecule has 18 heavy (non-hydrogen) atoms. The summed E-state index contributed by atoms with van der Waals surface area (Å²) >= 11 is 0. The maximum Gasteiger partial charge on any atom is 0.106 e. The van der Waals surface area contributed by atoms with Gasteiger partial charge in [-0.15, -0.1) is 0 Å². The highest BCUT2D eigenvalue weighted by Crippen LogP contribution is 2.17. The number of rotatable bonds is 2. The van der Waals surface area contributed by atoms with Crippen molar-refractivity contribution in [3.63, 3.8) is 0 Å². The van der Waals surface area contributed by atoms with Gasteiger partial charge in [-0.2, -0.15) is 0 Å². The lowest BCUT2D eigenvalue weighted by atomic mass is 10.2. The average Bonchev–Trinajstić information content (AvgIpc) is 2.66. The number of fused-ring (bicyclic) bond motifs is 1. The predicted octanol–water partition coefficient (Wildman–Crippen LogP) is 1.68. The zero-order chi connectivity index (χ0) is 12.5. The fraction of sp³-hybridized carbons (Fsp3) is 0.500. The third kappa shape index (κ3) is 2.13. The first kappa shape index (κ1) is 11.7. The number of benzene rings is 1. The zero-order valence-corrected chi connectivity index (χ0v) is 11.0. The number of aromatic nitrogens is 2. The Labute approximate surface area is 107 Å². The van der Waals surface area contributed by atoms with Crippen LogP contribution in [0.3, 0.4) is 0 Å². The molecule has 1 unspecified atom stereocenters. The Hall–Kier alpha value is -1.39. The minimum atomic E-state index is 0.264. The predicted molar refractivity (Wildman–Crippen MR) is 71.7 cm³/mol. The largest absolute Gasteiger partial charge is 0.374 e. The lowest BCUT2D eigenvalue weighted by molar-refractivity contribution is -0.0272. The molecule has 0 amide bonds. The van der Waals surface area contributed by atoms with Crippen LogP contribution in [-0.4, -0.2) is 47.3 Å². The minimum absolute atomic E-state index is 0.264. The number of likely N-dealkylation sites (N-methyl/N-ethyl adjacent to an activating group) is 1. The highest BCUT2D eigenvalue weighted by atomic mass is 16.5. The van der Waals surface area contributed by atoms with Crippen molar-refractivity contribution in [1.29, 1.82) is 0 Å². The summed E-state index contributed by atoms with van der Waals surface area (Å²) in [6.07, 6.45) is 0.264. The van der Waals surface area contributed by atoms with Gasteiger partial charge in [0.1, 0.15) is 5.82 Å². The van der Waals surface area contributed by atoms with Gasteiger partial charge in [-0.25, -0.2) is 4.98 Å². The summed E-state index contributed by atoms with van der Waals surface area (Å²) in [5.41, 5.74) is 2.27. The zero-order valence-electron chi connectivity index (χ0n) is 11.0. The Bertz CT molecular complexity index is 549. The molecule has 96 valence electrons. The Balaban J connectivity index is 1.87. The fourth-order valence-electron chi connectivity index (χ4n) is 2.61. The van der Waals surface area contributed by atoms with Gasteiger partial charge < -0.3 is 14.2 Å². The minimum Gasteiger partial charge on any atom is -0.374 e. The second-order valence-electron chi connectivity index (χ2n) is 5.01. The van der Waals surface area contributed by atoms with E-state index in [0.717, 1.165) is 37.6 Å². The molecule has 0 bridgehead atoms. The van der Waals surface area contributed by atoms with Crippen LogP contribution >= 0.6 is 0 Å². The third-order valence-electron chi connectivity index (χ3n) is 3.57. The molecule has 4 heteroatoms. The molecule has 0 N–H and O–H groups in total. The van der Waals surface area contributed by atoms with Crippen molar-refractivity contribution in [2.75, 3.05) is 26.7 Å². The van der Waals surface area contributed by atoms with Gasteiger partial charge in [0, 0.05) is 13.1 Å². The van der Waals surface area contributed by atoms with Gasteiger partial charge in [-0.3, -0.25) is 0 Å². The smallest absolute Gasteiger partial charge is 0.106 e. The molecule has 1 aliphatic heterocycles. The third-order valence-corrected chi connectivity index (χ3v) is 3.57. The summed E-state index contributed by atoms with van der Waals surface area (Å²) in [6.45, 7) is 5.79. The van der Waals surface area contributed by atoms with Crippen molar-refractivity contribution in [3.8, 4) is 0 Å². The molecular weight excluding hydrogens is 226 g/mol. The lowest BCUT2D eigenvalue weighted by Crippen LogP contribution is -2.42. The molecular formula is C14H19N3O. The number of imidazole rings is 1. The van der Waals surface area contributed by atoms with Crippen LogP contribution < -0.4 is 0 Å². The topological polar surface area (TPSA) is 30.3 Å². The van der Waals surface area contributed by atoms with E-state index >= 15 is 0 Å². The number of morpholine rings is 1. The van der Waals surface area contributed by atoms with E-state index in [4.69, 9.17) is 4.74 Å². The molecule has 3 rings (SSSR count). The summed E-state index contributed by atoms with van der Waals surface area (Å²) in [4.78, 5) is 6.91. The van der Waals surface area contributed by atoms with E-state index in [1.165, 1.54) is 5.52 Å². The van der Waals surface area contributed by atoms with Crippen LogP contribution in [0.15, 0.2) is 24.3 Å². The van der Waals surface area contributed by atoms with Crippen LogP contribution in [0.5, 0.6) is 0 Å². The van der Waals surface area contributed by atoms with Crippen molar-refractivity contribution < 1.29 is 4.74 Å². The molecule has 1 aromatic heterocycles. The number of hydrogen-bond acceptors (Lipinski definition) is 3. The molecule has 1 aromatic carbocycles. The van der Waals surface area contributed by atoms with E-state index < -0.39 is 0 Å². The molecule has 0 spiro atoms. The number of para-hydroxylation sites is 2. The summed E-state index contributed by atoms with van der Waals surface area (Å²) < 4.78 is 8.10. The van der Waals surface area contributed by atoms with Gasteiger partial charge in [-0.1, -0.05) is 12.1 Å². The second-order valence-corrected chi connectivity index (χ2v) is 5.01. The van der Waals surface area contributed by atoms with Crippen LogP contribution in [0.2, 0.25) is 0 Å². The summed E-state index contributed by atoms with van der Waals surface area (Å²) in [6, 6.07) is 8.28. The highest BCUT2D eigenvalue weighted by molar-refractivity contribution is 5.75. The SMILES string of the molecule is Cc1nc2ccccc2n1CC1CN(C)CCO1. The molecule has 0 aliphatic carbocycles. The molecule has 2 aromatic rings. The molecule has 0 radical (unpaired) electrons. The molecule has 2 heterocycles. The summed E-state index contributed by atoms with van der Waals surface area (Å²) in [5, 5.41) is 0. The Kier molecular flexibility index (Phi) is 3.06. The van der Waals surface area contributed by atoms with Crippen molar-refractivity contribution in [1.82, 2.24) is 14.5 Å². The Morgan fingerprint density at radius 1 is 1.39 bits per heavy atom. The lowest BCUT2D eigenvalue weighted by Gasteiger charge is -2.30. The van der Waals surface area contributed by atoms with Crippen molar-refractivity contribution in [2.24, 2.45) is 0 Å². The summed E-state index contributed by atoms with van der Waals surface area (Å²) in [7, 11) is 2.15. The van der Waals surface area contributed by atoms with Gasteiger partial charge in [0.05, 0.1) is 30.3 Å². The van der Waals surface area contributed by atoms with Gasteiger partial charge in [-0.05, 0) is 26.1 Å². The summed E-state index contributed by atoms with van der Waals surface area (Å²) in [5.74, 6) is 1.06. The number of aryl methyl sites for hydroxylation is 1. The van der Waals surface area contributed by atoms with Crippen molar-refractivity contribution in [3.05, 3.63) is 30.1 Å². The van der Waals surface area contributed by atoms with Gasteiger partial charge in [0.2, 0.25) is 0 Å². The molecule has 1 aliphatic rings. The quantitative estimate of drug-likeness (QED) is 0.806. The number of nitrogens with zero attached hydrogens (tertiary/aromatic N) is 3. The van der Waals surface area contributed by atoms with E-state index in [2.05, 4.69) is 46.6 Å². The maximum absolute atomic E-state index is 5.84. The van der Waals surface area contributed by atoms with E-state index in [0.29, 0.717) is 0 Å². The average molecular weight is 245 g/mol. The van der Waals surface area contributed by atoms with Crippen LogP contribution in [0.1, 0.15) is 5.82 Å². The van der Waals surface area contributed by atoms with Crippen LogP contribution in [0.4, 0.5) is 0 Å². The van der Waals surface area contributed by atoms with Gasteiger partial charge >= 0.3 is 0 Å². The van der Waals surface area contributed by atoms with Crippen molar-refractivity contribution >= 4 is 11.0 Å². The first-order valence-corrected chi connectivity index (χ1v) is 6.46. The first-order valence-electron chi connectivity index (χ1n) is 6.46. The van der Waals surface area contributed by atoms with Gasteiger partial charge in [0.15, 0.2) is 0 Å². The molecule has 1 fully saturated rings. The van der Waals surface area contributed by atoms with E-state index in [9.17, 15) is 0 Å². The normalized spacial score (nSPS) is 21.6. The Morgan fingerprint density at radius 2 is 2.22 bits per heavy atom. The molecule has 0 saturated carbocycles. The van der Waals surface area contributed by atoms with E-state index in [1.807, 2.05) is 6.07 Å². The fourth-order valence-corrected chi connectivity index (χ4v) is 2.61. The Morgan fingerprint density at radius 3 is 3.06 bits per heavy atom. The van der Waals surface area contributed by atoms with E-state index in [-0.39, 0.29) is 6.10 Å². The van der Waals surface area contributed by atoms with Crippen LogP contribution in [0, 0.1) is 6.92 Å². The highest BCUT2D eigenvalue weighted by Gasteiger charge is 2.19. The first-order chi connectivity index (χ1) is 8.74. The number of ether oxygens (including phenoxy) is 1. The molecule has 4 nitrogen and oxygen atoms in total. The second kappa shape index (κ2) is 4.71. The van der Waals surface area contributed by atoms with Crippen LogP contribution in [0.25, 0.3) is 11.0 Å². The van der Waals surface area contributed by atoms with Gasteiger partial charge in [0.25, 0.3) is 0 Å². The van der Waals surface area contributed by atoms with Crippen molar-refractivity contribution in [2.45, 2.75) is 19.6 Å². The van der Waals surface area contributed by atoms with Crippen LogP contribution in [-0.2, 0) is 11.3 Å².